The molecular formula is C19H20ClNO5. The summed E-state index contributed by atoms with van der Waals surface area (Å²) in [5.74, 6) is -0.179. The number of aryl methyl sites for hydroxylation is 1. The minimum Gasteiger partial charge on any atom is -0.495 e. The molecule has 26 heavy (non-hydrogen) atoms. The fraction of sp³-hybridized carbons (Fsp3) is 0.263. The molecule has 2 aromatic carbocycles. The summed E-state index contributed by atoms with van der Waals surface area (Å²) in [5, 5.41) is 2.92. The smallest absolute Gasteiger partial charge is 0.310 e. The standard InChI is InChI=1S/C19H20ClNO5/c1-12-4-6-13(7-5-12)8-19(23)26-11-18(22)21-15-9-14(20)16(24-2)10-17(15)25-3/h4-7,9-10H,8,11H2,1-3H3,(H,21,22). The molecule has 0 saturated carbocycles. The molecule has 0 heterocycles. The Bertz CT molecular complexity index is 789. The number of ether oxygens (including phenoxy) is 3. The normalized spacial score (nSPS) is 10.2. The number of benzene rings is 2. The van der Waals surface area contributed by atoms with Crippen molar-refractivity contribution < 1.29 is 23.8 Å². The number of anilines is 1. The zero-order valence-electron chi connectivity index (χ0n) is 14.8. The minimum absolute atomic E-state index is 0.102. The van der Waals surface area contributed by atoms with Gasteiger partial charge in [-0.3, -0.25) is 9.59 Å². The van der Waals surface area contributed by atoms with Gasteiger partial charge in [-0.15, -0.1) is 0 Å². The van der Waals surface area contributed by atoms with Crippen LogP contribution in [0.1, 0.15) is 11.1 Å². The molecule has 0 saturated heterocycles. The van der Waals surface area contributed by atoms with Gasteiger partial charge < -0.3 is 19.5 Å². The Balaban J connectivity index is 1.91. The Morgan fingerprint density at radius 1 is 1.04 bits per heavy atom. The molecule has 2 rings (SSSR count). The number of carbonyl (C=O) groups is 2. The largest absolute Gasteiger partial charge is 0.495 e. The van der Waals surface area contributed by atoms with Crippen molar-refractivity contribution in [1.29, 1.82) is 0 Å². The molecule has 6 nitrogen and oxygen atoms in total. The number of rotatable bonds is 7. The number of methoxy groups -OCH3 is 2. The predicted molar refractivity (Wildman–Crippen MR) is 99.0 cm³/mol. The lowest BCUT2D eigenvalue weighted by molar-refractivity contribution is -0.146. The second-order valence-corrected chi connectivity index (χ2v) is 5.97. The van der Waals surface area contributed by atoms with Gasteiger partial charge in [0.2, 0.25) is 0 Å². The Morgan fingerprint density at radius 2 is 1.69 bits per heavy atom. The Labute approximate surface area is 157 Å². The molecule has 0 bridgehead atoms. The van der Waals surface area contributed by atoms with Crippen molar-refractivity contribution in [2.24, 2.45) is 0 Å². The first kappa shape index (κ1) is 19.6. The molecule has 0 aliphatic carbocycles. The highest BCUT2D eigenvalue weighted by Gasteiger charge is 2.14. The molecule has 0 atom stereocenters. The Hall–Kier alpha value is -2.73. The van der Waals surface area contributed by atoms with Gasteiger partial charge in [-0.05, 0) is 18.6 Å². The maximum atomic E-state index is 12.0. The van der Waals surface area contributed by atoms with Gasteiger partial charge in [0.15, 0.2) is 6.61 Å². The maximum Gasteiger partial charge on any atom is 0.310 e. The number of esters is 1. The summed E-state index contributed by atoms with van der Waals surface area (Å²) in [4.78, 5) is 23.9. The van der Waals surface area contributed by atoms with E-state index in [1.165, 1.54) is 20.3 Å². The average Bonchev–Trinajstić information content (AvgIpc) is 2.62. The Kier molecular flexibility index (Phi) is 6.86. The third kappa shape index (κ3) is 5.39. The molecule has 1 N–H and O–H groups in total. The number of hydrogen-bond donors (Lipinski definition) is 1. The van der Waals surface area contributed by atoms with Gasteiger partial charge in [-0.2, -0.15) is 0 Å². The van der Waals surface area contributed by atoms with Gasteiger partial charge in [-0.25, -0.2) is 0 Å². The zero-order chi connectivity index (χ0) is 19.1. The van der Waals surface area contributed by atoms with Crippen LogP contribution >= 0.6 is 11.6 Å². The second kappa shape index (κ2) is 9.10. The summed E-state index contributed by atoms with van der Waals surface area (Å²) >= 11 is 6.05. The van der Waals surface area contributed by atoms with Gasteiger partial charge in [0, 0.05) is 6.07 Å². The van der Waals surface area contributed by atoms with Gasteiger partial charge in [0.1, 0.15) is 11.5 Å². The molecule has 0 aliphatic heterocycles. The summed E-state index contributed by atoms with van der Waals surface area (Å²) in [5.41, 5.74) is 2.29. The van der Waals surface area contributed by atoms with Crippen LogP contribution in [0.2, 0.25) is 5.02 Å². The first-order chi connectivity index (χ1) is 12.4. The average molecular weight is 378 g/mol. The van der Waals surface area contributed by atoms with E-state index in [0.717, 1.165) is 11.1 Å². The van der Waals surface area contributed by atoms with E-state index in [0.29, 0.717) is 22.2 Å². The lowest BCUT2D eigenvalue weighted by Crippen LogP contribution is -2.22. The number of hydrogen-bond acceptors (Lipinski definition) is 5. The van der Waals surface area contributed by atoms with Crippen LogP contribution in [0.3, 0.4) is 0 Å². The van der Waals surface area contributed by atoms with Crippen molar-refractivity contribution in [3.63, 3.8) is 0 Å². The maximum absolute atomic E-state index is 12.0. The number of amides is 1. The molecular weight excluding hydrogens is 358 g/mol. The topological polar surface area (TPSA) is 73.9 Å². The molecule has 7 heteroatoms. The van der Waals surface area contributed by atoms with E-state index < -0.39 is 18.5 Å². The highest BCUT2D eigenvalue weighted by atomic mass is 35.5. The van der Waals surface area contributed by atoms with Crippen molar-refractivity contribution >= 4 is 29.2 Å². The van der Waals surface area contributed by atoms with E-state index in [9.17, 15) is 9.59 Å². The monoisotopic (exact) mass is 377 g/mol. The summed E-state index contributed by atoms with van der Waals surface area (Å²) in [7, 11) is 2.94. The predicted octanol–water partition coefficient (Wildman–Crippen LogP) is 3.39. The lowest BCUT2D eigenvalue weighted by atomic mass is 10.1. The van der Waals surface area contributed by atoms with Crippen LogP contribution in [-0.2, 0) is 20.7 Å². The minimum atomic E-state index is -0.498. The Morgan fingerprint density at radius 3 is 2.31 bits per heavy atom. The van der Waals surface area contributed by atoms with Gasteiger partial charge >= 0.3 is 5.97 Å². The van der Waals surface area contributed by atoms with E-state index in [4.69, 9.17) is 25.8 Å². The third-order valence-electron chi connectivity index (χ3n) is 3.58. The third-order valence-corrected chi connectivity index (χ3v) is 3.88. The second-order valence-electron chi connectivity index (χ2n) is 5.56. The molecule has 0 aromatic heterocycles. The molecule has 0 unspecified atom stereocenters. The fourth-order valence-corrected chi connectivity index (χ4v) is 2.45. The lowest BCUT2D eigenvalue weighted by Gasteiger charge is -2.13. The quantitative estimate of drug-likeness (QED) is 0.749. The number of carbonyl (C=O) groups excluding carboxylic acids is 2. The summed E-state index contributed by atoms with van der Waals surface area (Å²) in [6.07, 6.45) is 0.102. The SMILES string of the molecule is COc1cc(OC)c(NC(=O)COC(=O)Cc2ccc(C)cc2)cc1Cl. The van der Waals surface area contributed by atoms with E-state index in [1.807, 2.05) is 31.2 Å². The van der Waals surface area contributed by atoms with Crippen molar-refractivity contribution in [2.45, 2.75) is 13.3 Å². The number of halogens is 1. The summed E-state index contributed by atoms with van der Waals surface area (Å²) < 4.78 is 15.3. The van der Waals surface area contributed by atoms with Gasteiger partial charge in [-0.1, -0.05) is 41.4 Å². The molecule has 2 aromatic rings. The van der Waals surface area contributed by atoms with Crippen LogP contribution < -0.4 is 14.8 Å². The first-order valence-electron chi connectivity index (χ1n) is 7.85. The summed E-state index contributed by atoms with van der Waals surface area (Å²) in [6.45, 7) is 1.56. The fourth-order valence-electron chi connectivity index (χ4n) is 2.21. The van der Waals surface area contributed by atoms with Gasteiger partial charge in [0.05, 0.1) is 31.4 Å². The molecule has 1 amide bonds. The summed E-state index contributed by atoms with van der Waals surface area (Å²) in [6, 6.07) is 10.6. The van der Waals surface area contributed by atoms with Crippen molar-refractivity contribution in [3.8, 4) is 11.5 Å². The van der Waals surface area contributed by atoms with Crippen molar-refractivity contribution in [3.05, 3.63) is 52.5 Å². The number of nitrogens with one attached hydrogen (secondary N) is 1. The van der Waals surface area contributed by atoms with E-state index >= 15 is 0 Å². The zero-order valence-corrected chi connectivity index (χ0v) is 15.6. The van der Waals surface area contributed by atoms with E-state index in [2.05, 4.69) is 5.32 Å². The van der Waals surface area contributed by atoms with Gasteiger partial charge in [0.25, 0.3) is 5.91 Å². The molecule has 0 fully saturated rings. The van der Waals surface area contributed by atoms with Crippen LogP contribution in [0.4, 0.5) is 5.69 Å². The molecule has 0 radical (unpaired) electrons. The molecule has 0 aliphatic rings. The van der Waals surface area contributed by atoms with Crippen molar-refractivity contribution in [2.75, 3.05) is 26.1 Å². The first-order valence-corrected chi connectivity index (χ1v) is 8.23. The van der Waals surface area contributed by atoms with Crippen molar-refractivity contribution in [1.82, 2.24) is 0 Å². The van der Waals surface area contributed by atoms with E-state index in [-0.39, 0.29) is 6.42 Å². The van der Waals surface area contributed by atoms with E-state index in [1.54, 1.807) is 6.07 Å². The van der Waals surface area contributed by atoms with Crippen LogP contribution in [0.25, 0.3) is 0 Å². The van der Waals surface area contributed by atoms with Crippen LogP contribution in [0.5, 0.6) is 11.5 Å². The van der Waals surface area contributed by atoms with Crippen LogP contribution in [0.15, 0.2) is 36.4 Å². The molecule has 0 spiro atoms. The molecule has 138 valence electrons. The highest BCUT2D eigenvalue weighted by Crippen LogP contribution is 2.35. The highest BCUT2D eigenvalue weighted by molar-refractivity contribution is 6.32. The van der Waals surface area contributed by atoms with Crippen LogP contribution in [-0.4, -0.2) is 32.7 Å². The van der Waals surface area contributed by atoms with Crippen LogP contribution in [0, 0.1) is 6.92 Å².